The predicted molar refractivity (Wildman–Crippen MR) is 182 cm³/mol. The average Bonchev–Trinajstić information content (AvgIpc) is 3.48. The van der Waals surface area contributed by atoms with Crippen molar-refractivity contribution in [1.29, 1.82) is 5.26 Å². The zero-order valence-electron chi connectivity index (χ0n) is 28.8. The lowest BCUT2D eigenvalue weighted by atomic mass is 9.62. The summed E-state index contributed by atoms with van der Waals surface area (Å²) in [7, 11) is 7.01. The van der Waals surface area contributed by atoms with E-state index in [1.807, 2.05) is 29.2 Å². The number of likely N-dealkylation sites (tertiary alicyclic amines) is 1. The second-order valence-corrected chi connectivity index (χ2v) is 14.9. The number of nitrogens with zero attached hydrogens (tertiary/aromatic N) is 7. The van der Waals surface area contributed by atoms with Crippen molar-refractivity contribution in [2.24, 2.45) is 5.92 Å². The predicted octanol–water partition coefficient (Wildman–Crippen LogP) is 3.23. The molecule has 7 rings (SSSR count). The van der Waals surface area contributed by atoms with E-state index in [0.29, 0.717) is 42.1 Å². The van der Waals surface area contributed by atoms with E-state index in [-0.39, 0.29) is 36.3 Å². The van der Waals surface area contributed by atoms with Crippen LogP contribution < -0.4 is 5.32 Å². The van der Waals surface area contributed by atoms with Crippen LogP contribution in [-0.4, -0.2) is 105 Å². The van der Waals surface area contributed by atoms with Gasteiger partial charge in [-0.1, -0.05) is 31.4 Å². The number of nitrogens with one attached hydrogen (secondary N) is 2. The van der Waals surface area contributed by atoms with Gasteiger partial charge in [-0.25, -0.2) is 5.10 Å². The number of benzene rings is 2. The van der Waals surface area contributed by atoms with Gasteiger partial charge in [-0.2, -0.15) is 5.26 Å². The number of tetrazole rings is 1. The lowest BCUT2D eigenvalue weighted by Crippen LogP contribution is -2.55. The minimum atomic E-state index is -0.887. The lowest BCUT2D eigenvalue weighted by molar-refractivity contribution is -0.131. The number of aromatic amines is 1. The summed E-state index contributed by atoms with van der Waals surface area (Å²) >= 11 is 0. The van der Waals surface area contributed by atoms with Crippen LogP contribution in [0.15, 0.2) is 36.4 Å². The maximum absolute atomic E-state index is 13.8. The molecular formula is C37H45N9O3. The van der Waals surface area contributed by atoms with Gasteiger partial charge in [0.2, 0.25) is 5.91 Å². The maximum atomic E-state index is 13.8. The highest BCUT2D eigenvalue weighted by Crippen LogP contribution is 2.51. The molecule has 2 saturated carbocycles. The average molecular weight is 664 g/mol. The molecule has 2 aromatic carbocycles. The van der Waals surface area contributed by atoms with Crippen LogP contribution in [0.3, 0.4) is 0 Å². The maximum Gasteiger partial charge on any atom is 0.253 e. The summed E-state index contributed by atoms with van der Waals surface area (Å²) in [6, 6.07) is 14.1. The molecule has 256 valence electrons. The fourth-order valence-corrected chi connectivity index (χ4v) is 8.94. The minimum Gasteiger partial charge on any atom is -0.345 e. The Kier molecular flexibility index (Phi) is 8.51. The molecule has 0 bridgehead atoms. The van der Waals surface area contributed by atoms with E-state index in [9.17, 15) is 19.6 Å². The van der Waals surface area contributed by atoms with Crippen LogP contribution >= 0.6 is 0 Å². The normalized spacial score (nSPS) is 22.9. The molecule has 0 radical (unpaired) electrons. The highest BCUT2D eigenvalue weighted by atomic mass is 16.2. The number of amides is 3. The Hall–Kier alpha value is -4.63. The molecule has 3 fully saturated rings. The molecule has 3 atom stereocenters. The van der Waals surface area contributed by atoms with Crippen LogP contribution in [0.25, 0.3) is 0 Å². The van der Waals surface area contributed by atoms with Crippen LogP contribution in [0.4, 0.5) is 0 Å². The Labute approximate surface area is 287 Å². The molecule has 2 N–H and O–H groups in total. The number of aryl methyl sites for hydroxylation is 2. The smallest absolute Gasteiger partial charge is 0.253 e. The first-order valence-electron chi connectivity index (χ1n) is 17.5. The van der Waals surface area contributed by atoms with E-state index in [1.165, 1.54) is 0 Å². The van der Waals surface area contributed by atoms with Crippen molar-refractivity contribution in [3.8, 4) is 6.07 Å². The summed E-state index contributed by atoms with van der Waals surface area (Å²) in [5, 5.41) is 29.5. The van der Waals surface area contributed by atoms with Crippen molar-refractivity contribution >= 4 is 17.7 Å². The fraction of sp³-hybridized carbons (Fsp3) is 0.541. The van der Waals surface area contributed by atoms with E-state index in [4.69, 9.17) is 0 Å². The molecule has 4 aliphatic rings. The van der Waals surface area contributed by atoms with Gasteiger partial charge in [0.15, 0.2) is 5.82 Å². The molecule has 3 aromatic rings. The Morgan fingerprint density at radius 3 is 2.08 bits per heavy atom. The van der Waals surface area contributed by atoms with Gasteiger partial charge in [-0.15, -0.1) is 5.10 Å². The van der Waals surface area contributed by atoms with Crippen LogP contribution in [0, 0.1) is 17.2 Å². The molecule has 2 heterocycles. The monoisotopic (exact) mass is 663 g/mol. The summed E-state index contributed by atoms with van der Waals surface area (Å²) in [5.74, 6) is 0.868. The third-order valence-electron chi connectivity index (χ3n) is 11.4. The topological polar surface area (TPSA) is 151 Å². The highest BCUT2D eigenvalue weighted by molar-refractivity contribution is 5.95. The number of H-pyrrole nitrogens is 1. The largest absolute Gasteiger partial charge is 0.345 e. The number of carbonyl (C=O) groups is 3. The van der Waals surface area contributed by atoms with E-state index in [1.54, 1.807) is 38.0 Å². The van der Waals surface area contributed by atoms with E-state index in [2.05, 4.69) is 44.1 Å². The molecule has 1 aliphatic heterocycles. The van der Waals surface area contributed by atoms with Gasteiger partial charge in [0.1, 0.15) is 6.04 Å². The van der Waals surface area contributed by atoms with Crippen LogP contribution in [0.5, 0.6) is 0 Å². The molecule has 1 aromatic heterocycles. The molecule has 12 nitrogen and oxygen atoms in total. The van der Waals surface area contributed by atoms with Crippen molar-refractivity contribution in [2.75, 3.05) is 34.7 Å². The summed E-state index contributed by atoms with van der Waals surface area (Å²) in [4.78, 5) is 45.2. The molecular weight excluding hydrogens is 618 g/mol. The summed E-state index contributed by atoms with van der Waals surface area (Å²) in [6.45, 7) is 0.151. The number of rotatable bonds is 8. The van der Waals surface area contributed by atoms with Gasteiger partial charge in [0, 0.05) is 50.9 Å². The number of carbonyl (C=O) groups excluding carboxylic acids is 3. The molecule has 3 aliphatic carbocycles. The van der Waals surface area contributed by atoms with Gasteiger partial charge in [-0.3, -0.25) is 14.4 Å². The number of piperidine rings is 1. The fourth-order valence-electron chi connectivity index (χ4n) is 8.94. The molecule has 3 amide bonds. The standard InChI is InChI=1S/C37H45N9O3/c1-44(2)33(48)25-10-12-29-23(16-25)8-9-24-17-26(34(49)45(3)4)11-13-30(24)37(29,35-40-42-43-41-35)22-36(14-6-5-7-15-36)39-21-32(47)46-28(20-38)18-27-19-31(27)46/h10-13,16-17,27-28,31,39H,5-9,14-15,18-19,21-22H2,1-4H3,(H,40,41,42,43)/t27-,28?,31+/m1/s1. The van der Waals surface area contributed by atoms with Gasteiger partial charge in [0.25, 0.3) is 11.8 Å². The van der Waals surface area contributed by atoms with Crippen molar-refractivity contribution in [3.63, 3.8) is 0 Å². The molecule has 49 heavy (non-hydrogen) atoms. The van der Waals surface area contributed by atoms with E-state index < -0.39 is 11.0 Å². The molecule has 1 unspecified atom stereocenters. The molecule has 1 saturated heterocycles. The van der Waals surface area contributed by atoms with Gasteiger partial charge < -0.3 is 20.0 Å². The SMILES string of the molecule is CN(C)C(=O)c1ccc2c(c1)CCc1cc(C(=O)N(C)C)ccc1C2(CC1(NCC(=O)N2C(C#N)C[C@@H]3C[C@@H]32)CCCCC1)c1nnn[nH]1. The van der Waals surface area contributed by atoms with Crippen LogP contribution in [-0.2, 0) is 23.1 Å². The second-order valence-electron chi connectivity index (χ2n) is 14.9. The first-order valence-corrected chi connectivity index (χ1v) is 17.5. The number of fused-ring (bicyclic) bond motifs is 3. The highest BCUT2D eigenvalue weighted by Gasteiger charge is 2.55. The van der Waals surface area contributed by atoms with Gasteiger partial charge in [-0.05, 0) is 108 Å². The van der Waals surface area contributed by atoms with Crippen molar-refractivity contribution in [2.45, 2.75) is 87.2 Å². The van der Waals surface area contributed by atoms with Crippen molar-refractivity contribution in [1.82, 2.24) is 40.6 Å². The quantitative estimate of drug-likeness (QED) is 0.373. The van der Waals surface area contributed by atoms with Gasteiger partial charge >= 0.3 is 0 Å². The Bertz CT molecular complexity index is 1730. The summed E-state index contributed by atoms with van der Waals surface area (Å²) in [6.07, 6.45) is 8.47. The summed E-state index contributed by atoms with van der Waals surface area (Å²) < 4.78 is 0. The first kappa shape index (κ1) is 32.9. The minimum absolute atomic E-state index is 0.0165. The van der Waals surface area contributed by atoms with Crippen molar-refractivity contribution < 1.29 is 14.4 Å². The van der Waals surface area contributed by atoms with Crippen LogP contribution in [0.2, 0.25) is 0 Å². The summed E-state index contributed by atoms with van der Waals surface area (Å²) in [5.41, 5.74) is 3.94. The Balaban J connectivity index is 1.37. The zero-order valence-corrected chi connectivity index (χ0v) is 28.8. The van der Waals surface area contributed by atoms with Gasteiger partial charge in [0.05, 0.1) is 18.0 Å². The van der Waals surface area contributed by atoms with Crippen molar-refractivity contribution in [3.05, 3.63) is 75.6 Å². The first-order chi connectivity index (χ1) is 23.6. The third-order valence-corrected chi connectivity index (χ3v) is 11.4. The lowest BCUT2D eigenvalue weighted by Gasteiger charge is -2.46. The molecule has 0 spiro atoms. The zero-order chi connectivity index (χ0) is 34.5. The Morgan fingerprint density at radius 1 is 0.939 bits per heavy atom. The number of hydrogen-bond acceptors (Lipinski definition) is 8. The number of aromatic nitrogens is 4. The van der Waals surface area contributed by atoms with E-state index in [0.717, 1.165) is 67.2 Å². The third kappa shape index (κ3) is 5.78. The van der Waals surface area contributed by atoms with E-state index >= 15 is 0 Å². The molecule has 12 heteroatoms. The Morgan fingerprint density at radius 2 is 1.55 bits per heavy atom. The van der Waals surface area contributed by atoms with Crippen LogP contribution in [0.1, 0.15) is 100 Å². The number of nitriles is 1. The second kappa shape index (κ2) is 12.7. The number of hydrogen-bond donors (Lipinski definition) is 2.